The number of carbonyl (C=O) groups excluding carboxylic acids is 1. The first-order valence-electron chi connectivity index (χ1n) is 9.34. The van der Waals surface area contributed by atoms with Gasteiger partial charge in [-0.1, -0.05) is 11.2 Å². The largest absolute Gasteiger partial charge is 0.494 e. The van der Waals surface area contributed by atoms with Crippen molar-refractivity contribution in [3.05, 3.63) is 42.0 Å². The molecule has 1 saturated heterocycles. The standard InChI is InChI=1S/C19H21N7O4/c1-28-17-12(19-23-15(30-25-19)11-26-7-9-29-10-8-26)3-2-4-14(17)22-13-5-6-21-24-16(13)18(20)27/h2-6H,7-11H2,1H3,(H2,20,27)(H,21,22). The third kappa shape index (κ3) is 4.21. The van der Waals surface area contributed by atoms with Crippen LogP contribution < -0.4 is 15.8 Å². The molecule has 1 amide bonds. The lowest BCUT2D eigenvalue weighted by Gasteiger charge is -2.24. The summed E-state index contributed by atoms with van der Waals surface area (Å²) in [6.07, 6.45) is 1.46. The highest BCUT2D eigenvalue weighted by Gasteiger charge is 2.20. The van der Waals surface area contributed by atoms with Crippen molar-refractivity contribution in [2.75, 3.05) is 38.7 Å². The lowest BCUT2D eigenvalue weighted by molar-refractivity contribution is 0.0297. The van der Waals surface area contributed by atoms with Crippen LogP contribution in [0.25, 0.3) is 11.4 Å². The topological polar surface area (TPSA) is 142 Å². The average molecular weight is 411 g/mol. The number of rotatable bonds is 7. The number of amides is 1. The summed E-state index contributed by atoms with van der Waals surface area (Å²) in [6.45, 7) is 3.59. The Bertz CT molecular complexity index is 1030. The van der Waals surface area contributed by atoms with E-state index >= 15 is 0 Å². The van der Waals surface area contributed by atoms with E-state index in [0.29, 0.717) is 54.2 Å². The van der Waals surface area contributed by atoms with Gasteiger partial charge in [0, 0.05) is 13.1 Å². The van der Waals surface area contributed by atoms with E-state index < -0.39 is 5.91 Å². The van der Waals surface area contributed by atoms with E-state index in [1.165, 1.54) is 6.20 Å². The molecule has 0 radical (unpaired) electrons. The average Bonchev–Trinajstić information content (AvgIpc) is 3.23. The van der Waals surface area contributed by atoms with Crippen LogP contribution in [-0.4, -0.2) is 64.6 Å². The van der Waals surface area contributed by atoms with Gasteiger partial charge in [0.1, 0.15) is 0 Å². The van der Waals surface area contributed by atoms with Crippen LogP contribution in [0, 0.1) is 0 Å². The summed E-state index contributed by atoms with van der Waals surface area (Å²) < 4.78 is 16.4. The summed E-state index contributed by atoms with van der Waals surface area (Å²) in [4.78, 5) is 18.3. The normalized spacial score (nSPS) is 14.4. The quantitative estimate of drug-likeness (QED) is 0.582. The molecule has 2 aromatic heterocycles. The van der Waals surface area contributed by atoms with Gasteiger partial charge in [-0.15, -0.1) is 5.10 Å². The molecule has 1 aliphatic heterocycles. The van der Waals surface area contributed by atoms with Crippen LogP contribution in [0.1, 0.15) is 16.4 Å². The molecular formula is C19H21N7O4. The number of carbonyl (C=O) groups is 1. The molecule has 3 N–H and O–H groups in total. The lowest BCUT2D eigenvalue weighted by atomic mass is 10.1. The van der Waals surface area contributed by atoms with Gasteiger partial charge in [-0.05, 0) is 18.2 Å². The zero-order valence-corrected chi connectivity index (χ0v) is 16.4. The summed E-state index contributed by atoms with van der Waals surface area (Å²) >= 11 is 0. The van der Waals surface area contributed by atoms with Gasteiger partial charge in [0.05, 0.1) is 50.0 Å². The van der Waals surface area contributed by atoms with Crippen molar-refractivity contribution in [2.45, 2.75) is 6.54 Å². The monoisotopic (exact) mass is 411 g/mol. The minimum absolute atomic E-state index is 0.0253. The first-order chi connectivity index (χ1) is 14.7. The predicted molar refractivity (Wildman–Crippen MR) is 106 cm³/mol. The molecule has 1 aromatic carbocycles. The van der Waals surface area contributed by atoms with E-state index in [4.69, 9.17) is 19.7 Å². The molecule has 0 aliphatic carbocycles. The Morgan fingerprint density at radius 2 is 2.10 bits per heavy atom. The molecule has 1 fully saturated rings. The molecule has 0 spiro atoms. The van der Waals surface area contributed by atoms with Crippen LogP contribution in [0.4, 0.5) is 11.4 Å². The smallest absolute Gasteiger partial charge is 0.271 e. The zero-order chi connectivity index (χ0) is 20.9. The van der Waals surface area contributed by atoms with Crippen LogP contribution >= 0.6 is 0 Å². The Balaban J connectivity index is 1.60. The van der Waals surface area contributed by atoms with Crippen molar-refractivity contribution < 1.29 is 18.8 Å². The Labute approximate surface area is 172 Å². The molecular weight excluding hydrogens is 390 g/mol. The van der Waals surface area contributed by atoms with Gasteiger partial charge in [0.15, 0.2) is 11.4 Å². The molecule has 1 aliphatic rings. The summed E-state index contributed by atoms with van der Waals surface area (Å²) in [5, 5.41) is 14.7. The van der Waals surface area contributed by atoms with Gasteiger partial charge < -0.3 is 25.0 Å². The Morgan fingerprint density at radius 1 is 1.27 bits per heavy atom. The number of nitrogens with one attached hydrogen (secondary N) is 1. The van der Waals surface area contributed by atoms with Crippen molar-refractivity contribution in [1.82, 2.24) is 25.2 Å². The second-order valence-corrected chi connectivity index (χ2v) is 6.57. The number of anilines is 2. The number of nitrogens with zero attached hydrogens (tertiary/aromatic N) is 5. The molecule has 3 aromatic rings. The SMILES string of the molecule is COc1c(Nc2ccnnc2C(N)=O)cccc1-c1noc(CN2CCOCC2)n1. The fourth-order valence-electron chi connectivity index (χ4n) is 3.17. The van der Waals surface area contributed by atoms with E-state index in [-0.39, 0.29) is 5.69 Å². The third-order valence-corrected chi connectivity index (χ3v) is 4.61. The van der Waals surface area contributed by atoms with E-state index in [1.807, 2.05) is 12.1 Å². The highest BCUT2D eigenvalue weighted by Crippen LogP contribution is 2.37. The number of nitrogens with two attached hydrogens (primary N) is 1. The molecule has 156 valence electrons. The molecule has 0 saturated carbocycles. The van der Waals surface area contributed by atoms with E-state index in [2.05, 4.69) is 30.6 Å². The number of hydrogen-bond donors (Lipinski definition) is 2. The fraction of sp³-hybridized carbons (Fsp3) is 0.316. The maximum atomic E-state index is 11.6. The second kappa shape index (κ2) is 8.84. The van der Waals surface area contributed by atoms with E-state index in [9.17, 15) is 4.79 Å². The van der Waals surface area contributed by atoms with Crippen molar-refractivity contribution in [2.24, 2.45) is 5.73 Å². The van der Waals surface area contributed by atoms with Crippen molar-refractivity contribution in [3.63, 3.8) is 0 Å². The summed E-state index contributed by atoms with van der Waals surface area (Å²) in [7, 11) is 1.54. The minimum Gasteiger partial charge on any atom is -0.494 e. The van der Waals surface area contributed by atoms with Gasteiger partial charge in [-0.25, -0.2) is 0 Å². The number of primary amides is 1. The van der Waals surface area contributed by atoms with Crippen LogP contribution in [0.15, 0.2) is 35.0 Å². The van der Waals surface area contributed by atoms with Gasteiger partial charge in [0.25, 0.3) is 5.91 Å². The molecule has 0 bridgehead atoms. The summed E-state index contributed by atoms with van der Waals surface area (Å²) in [5.41, 5.74) is 7.05. The van der Waals surface area contributed by atoms with Crippen LogP contribution in [0.3, 0.4) is 0 Å². The molecule has 11 heteroatoms. The summed E-state index contributed by atoms with van der Waals surface area (Å²) in [5.74, 6) is 0.721. The van der Waals surface area contributed by atoms with Gasteiger partial charge in [-0.2, -0.15) is 10.1 Å². The van der Waals surface area contributed by atoms with Crippen LogP contribution in [0.5, 0.6) is 5.75 Å². The molecule has 4 rings (SSSR count). The zero-order valence-electron chi connectivity index (χ0n) is 16.4. The number of para-hydroxylation sites is 1. The number of morpholine rings is 1. The Hall–Kier alpha value is -3.57. The first-order valence-corrected chi connectivity index (χ1v) is 9.34. The maximum Gasteiger partial charge on any atom is 0.271 e. The lowest BCUT2D eigenvalue weighted by Crippen LogP contribution is -2.35. The Morgan fingerprint density at radius 3 is 2.87 bits per heavy atom. The molecule has 0 atom stereocenters. The van der Waals surface area contributed by atoms with Gasteiger partial charge in [-0.3, -0.25) is 9.69 Å². The van der Waals surface area contributed by atoms with Crippen molar-refractivity contribution in [1.29, 1.82) is 0 Å². The number of benzene rings is 1. The first kappa shape index (κ1) is 19.7. The maximum absolute atomic E-state index is 11.6. The fourth-order valence-corrected chi connectivity index (χ4v) is 3.17. The van der Waals surface area contributed by atoms with Crippen LogP contribution in [0.2, 0.25) is 0 Å². The summed E-state index contributed by atoms with van der Waals surface area (Å²) in [6, 6.07) is 7.04. The second-order valence-electron chi connectivity index (χ2n) is 6.57. The van der Waals surface area contributed by atoms with E-state index in [0.717, 1.165) is 13.1 Å². The minimum atomic E-state index is -0.688. The molecule has 30 heavy (non-hydrogen) atoms. The number of methoxy groups -OCH3 is 1. The third-order valence-electron chi connectivity index (χ3n) is 4.61. The highest BCUT2D eigenvalue weighted by atomic mass is 16.5. The van der Waals surface area contributed by atoms with Crippen LogP contribution in [-0.2, 0) is 11.3 Å². The number of hydrogen-bond acceptors (Lipinski definition) is 10. The predicted octanol–water partition coefficient (Wildman–Crippen LogP) is 1.21. The highest BCUT2D eigenvalue weighted by molar-refractivity contribution is 5.97. The van der Waals surface area contributed by atoms with E-state index in [1.54, 1.807) is 19.2 Å². The molecule has 0 unspecified atom stereocenters. The Kier molecular flexibility index (Phi) is 5.82. The van der Waals surface area contributed by atoms with Gasteiger partial charge >= 0.3 is 0 Å². The molecule has 3 heterocycles. The number of aromatic nitrogens is 4. The van der Waals surface area contributed by atoms with Crippen molar-refractivity contribution in [3.8, 4) is 17.1 Å². The van der Waals surface area contributed by atoms with Crippen molar-refractivity contribution >= 4 is 17.3 Å². The molecule has 11 nitrogen and oxygen atoms in total. The number of ether oxygens (including phenoxy) is 2. The van der Waals surface area contributed by atoms with Gasteiger partial charge in [0.2, 0.25) is 11.7 Å².